The van der Waals surface area contributed by atoms with Gasteiger partial charge in [-0.3, -0.25) is 4.90 Å². The van der Waals surface area contributed by atoms with Gasteiger partial charge in [0.05, 0.1) is 0 Å². The summed E-state index contributed by atoms with van der Waals surface area (Å²) in [6.07, 6.45) is 2.43. The molecule has 2 aliphatic rings. The van der Waals surface area contributed by atoms with Crippen LogP contribution in [0.25, 0.3) is 0 Å². The van der Waals surface area contributed by atoms with E-state index in [-0.39, 0.29) is 0 Å². The van der Waals surface area contributed by atoms with Crippen molar-refractivity contribution < 1.29 is 4.39 Å². The van der Waals surface area contributed by atoms with Crippen LogP contribution in [0.15, 0.2) is 48.5 Å². The lowest BCUT2D eigenvalue weighted by atomic mass is 10.0. The first-order valence-corrected chi connectivity index (χ1v) is 10.1. The van der Waals surface area contributed by atoms with Crippen LogP contribution >= 0.6 is 11.6 Å². The van der Waals surface area contributed by atoms with Crippen LogP contribution in [0.1, 0.15) is 35.7 Å². The fourth-order valence-corrected chi connectivity index (χ4v) is 4.49. The molecule has 2 aromatic rings. The predicted octanol–water partition coefficient (Wildman–Crippen LogP) is 4.96. The van der Waals surface area contributed by atoms with Crippen LogP contribution in [0, 0.1) is 0 Å². The minimum Gasteiger partial charge on any atom is -0.368 e. The van der Waals surface area contributed by atoms with E-state index in [9.17, 15) is 4.39 Å². The smallest absolute Gasteiger partial charge is 0.138 e. The molecular formula is C22H26ClFN2. The molecule has 0 saturated carbocycles. The number of alkyl halides is 2. The fourth-order valence-electron chi connectivity index (χ4n) is 4.32. The highest BCUT2D eigenvalue weighted by Gasteiger charge is 2.30. The number of benzene rings is 2. The van der Waals surface area contributed by atoms with Crippen LogP contribution in [-0.2, 0) is 12.3 Å². The van der Waals surface area contributed by atoms with Crippen molar-refractivity contribution in [3.8, 4) is 0 Å². The van der Waals surface area contributed by atoms with Crippen LogP contribution in [0.2, 0.25) is 0 Å². The highest BCUT2D eigenvalue weighted by atomic mass is 35.5. The molecule has 26 heavy (non-hydrogen) atoms. The van der Waals surface area contributed by atoms with Crippen LogP contribution < -0.4 is 4.90 Å². The summed E-state index contributed by atoms with van der Waals surface area (Å²) in [4.78, 5) is 4.84. The maximum atomic E-state index is 14.5. The second-order valence-electron chi connectivity index (χ2n) is 7.45. The van der Waals surface area contributed by atoms with Gasteiger partial charge in [-0.15, -0.1) is 11.6 Å². The van der Waals surface area contributed by atoms with Crippen molar-refractivity contribution in [2.24, 2.45) is 0 Å². The average molecular weight is 373 g/mol. The van der Waals surface area contributed by atoms with Gasteiger partial charge < -0.3 is 4.90 Å². The number of hydrogen-bond acceptors (Lipinski definition) is 2. The summed E-state index contributed by atoms with van der Waals surface area (Å²) in [6, 6.07) is 16.7. The second-order valence-corrected chi connectivity index (χ2v) is 7.72. The van der Waals surface area contributed by atoms with E-state index in [4.69, 9.17) is 11.6 Å². The zero-order valence-corrected chi connectivity index (χ0v) is 15.8. The first kappa shape index (κ1) is 17.8. The summed E-state index contributed by atoms with van der Waals surface area (Å²) < 4.78 is 14.5. The van der Waals surface area contributed by atoms with Gasteiger partial charge in [0.2, 0.25) is 0 Å². The largest absolute Gasteiger partial charge is 0.368 e. The van der Waals surface area contributed by atoms with Gasteiger partial charge >= 0.3 is 0 Å². The molecule has 0 bridgehead atoms. The van der Waals surface area contributed by atoms with Crippen molar-refractivity contribution in [1.82, 2.24) is 4.90 Å². The van der Waals surface area contributed by atoms with E-state index in [1.807, 2.05) is 30.3 Å². The highest BCUT2D eigenvalue weighted by molar-refractivity contribution is 6.17. The maximum absolute atomic E-state index is 14.5. The molecule has 0 aromatic heterocycles. The zero-order chi connectivity index (χ0) is 17.9. The molecule has 1 fully saturated rings. The topological polar surface area (TPSA) is 6.48 Å². The standard InChI is InChI=1S/C22H26ClFN2/c23-15-17-6-7-19-8-13-26(22(19)14-17)20-9-11-25(12-10-20)16-21(24)18-4-2-1-3-5-18/h1-7,14,20-21H,8-13,15-16H2. The quantitative estimate of drug-likeness (QED) is 0.684. The number of rotatable bonds is 5. The Balaban J connectivity index is 1.35. The normalized spacial score (nSPS) is 19.5. The molecule has 0 amide bonds. The van der Waals surface area contributed by atoms with Gasteiger partial charge in [-0.2, -0.15) is 0 Å². The van der Waals surface area contributed by atoms with E-state index in [1.165, 1.54) is 16.8 Å². The van der Waals surface area contributed by atoms with Crippen LogP contribution in [-0.4, -0.2) is 37.1 Å². The number of hydrogen-bond donors (Lipinski definition) is 0. The Morgan fingerprint density at radius 1 is 1.04 bits per heavy atom. The van der Waals surface area contributed by atoms with Gasteiger partial charge in [-0.25, -0.2) is 4.39 Å². The third kappa shape index (κ3) is 3.74. The van der Waals surface area contributed by atoms with Crippen molar-refractivity contribution in [3.05, 3.63) is 65.2 Å². The molecule has 0 radical (unpaired) electrons. The van der Waals surface area contributed by atoms with E-state index in [0.29, 0.717) is 18.5 Å². The van der Waals surface area contributed by atoms with Gasteiger partial charge in [-0.1, -0.05) is 42.5 Å². The molecule has 0 aliphatic carbocycles. The molecule has 138 valence electrons. The molecular weight excluding hydrogens is 347 g/mol. The van der Waals surface area contributed by atoms with E-state index in [1.54, 1.807) is 0 Å². The van der Waals surface area contributed by atoms with Gasteiger partial charge in [0, 0.05) is 43.8 Å². The number of piperidine rings is 1. The lowest BCUT2D eigenvalue weighted by Gasteiger charge is -2.38. The summed E-state index contributed by atoms with van der Waals surface area (Å²) in [5.41, 5.74) is 4.79. The number of anilines is 1. The SMILES string of the molecule is FC(CN1CCC(N2CCc3ccc(CCl)cc32)CC1)c1ccccc1. The number of halogens is 2. The lowest BCUT2D eigenvalue weighted by molar-refractivity contribution is 0.157. The van der Waals surface area contributed by atoms with E-state index in [2.05, 4.69) is 28.0 Å². The Hall–Kier alpha value is -1.58. The third-order valence-corrected chi connectivity index (χ3v) is 6.12. The number of likely N-dealkylation sites (tertiary alicyclic amines) is 1. The first-order valence-electron chi connectivity index (χ1n) is 9.60. The van der Waals surface area contributed by atoms with Crippen molar-refractivity contribution in [3.63, 3.8) is 0 Å². The predicted molar refractivity (Wildman–Crippen MR) is 107 cm³/mol. The first-order chi connectivity index (χ1) is 12.7. The summed E-state index contributed by atoms with van der Waals surface area (Å²) in [7, 11) is 0. The molecule has 2 aromatic carbocycles. The molecule has 2 aliphatic heterocycles. The Bertz CT molecular complexity index is 728. The molecule has 0 N–H and O–H groups in total. The Morgan fingerprint density at radius 2 is 1.81 bits per heavy atom. The van der Waals surface area contributed by atoms with Crippen molar-refractivity contribution >= 4 is 17.3 Å². The van der Waals surface area contributed by atoms with Crippen LogP contribution in [0.3, 0.4) is 0 Å². The monoisotopic (exact) mass is 372 g/mol. The highest BCUT2D eigenvalue weighted by Crippen LogP contribution is 2.34. The Morgan fingerprint density at radius 3 is 2.54 bits per heavy atom. The molecule has 2 heterocycles. The third-order valence-electron chi connectivity index (χ3n) is 5.81. The van der Waals surface area contributed by atoms with Crippen LogP contribution in [0.5, 0.6) is 0 Å². The Kier molecular flexibility index (Phi) is 5.46. The number of nitrogens with zero attached hydrogens (tertiary/aromatic N) is 2. The van der Waals surface area contributed by atoms with Gasteiger partial charge in [0.1, 0.15) is 6.17 Å². The number of fused-ring (bicyclic) bond motifs is 1. The fraction of sp³-hybridized carbons (Fsp3) is 0.455. The van der Waals surface area contributed by atoms with Gasteiger partial charge in [0.25, 0.3) is 0 Å². The lowest BCUT2D eigenvalue weighted by Crippen LogP contribution is -2.45. The van der Waals surface area contributed by atoms with E-state index < -0.39 is 6.17 Å². The summed E-state index contributed by atoms with van der Waals surface area (Å²) >= 11 is 6.02. The summed E-state index contributed by atoms with van der Waals surface area (Å²) in [6.45, 7) is 3.54. The molecule has 4 rings (SSSR count). The summed E-state index contributed by atoms with van der Waals surface area (Å²) in [5.74, 6) is 0.566. The van der Waals surface area contributed by atoms with E-state index in [0.717, 1.165) is 44.5 Å². The van der Waals surface area contributed by atoms with Crippen molar-refractivity contribution in [2.45, 2.75) is 37.4 Å². The Labute approximate surface area is 160 Å². The maximum Gasteiger partial charge on any atom is 0.138 e. The van der Waals surface area contributed by atoms with Gasteiger partial charge in [0.15, 0.2) is 0 Å². The minimum absolute atomic E-state index is 0.504. The average Bonchev–Trinajstić information content (AvgIpc) is 3.12. The molecule has 1 saturated heterocycles. The van der Waals surface area contributed by atoms with E-state index >= 15 is 0 Å². The zero-order valence-electron chi connectivity index (χ0n) is 15.1. The molecule has 1 unspecified atom stereocenters. The molecule has 1 atom stereocenters. The van der Waals surface area contributed by atoms with Crippen LogP contribution in [0.4, 0.5) is 10.1 Å². The van der Waals surface area contributed by atoms with Crippen molar-refractivity contribution in [2.75, 3.05) is 31.1 Å². The molecule has 0 spiro atoms. The van der Waals surface area contributed by atoms with Gasteiger partial charge in [-0.05, 0) is 42.0 Å². The minimum atomic E-state index is -0.897. The van der Waals surface area contributed by atoms with Crippen molar-refractivity contribution in [1.29, 1.82) is 0 Å². The molecule has 4 heteroatoms. The molecule has 2 nitrogen and oxygen atoms in total. The second kappa shape index (κ2) is 7.98. The summed E-state index contributed by atoms with van der Waals surface area (Å²) in [5, 5.41) is 0.